The Balaban J connectivity index is 2.43. The molecule has 20 heavy (non-hydrogen) atoms. The van der Waals surface area contributed by atoms with E-state index >= 15 is 0 Å². The smallest absolute Gasteiger partial charge is 0.238 e. The molecule has 0 unspecified atom stereocenters. The highest BCUT2D eigenvalue weighted by molar-refractivity contribution is 9.10. The maximum Gasteiger partial charge on any atom is 0.238 e. The summed E-state index contributed by atoms with van der Waals surface area (Å²) < 4.78 is 6.48. The molecule has 2 aromatic rings. The molecule has 2 rings (SSSR count). The predicted octanol–water partition coefficient (Wildman–Crippen LogP) is 4.70. The highest BCUT2D eigenvalue weighted by Crippen LogP contribution is 2.35. The summed E-state index contributed by atoms with van der Waals surface area (Å²) in [5.41, 5.74) is 7.54. The van der Waals surface area contributed by atoms with Crippen LogP contribution in [-0.2, 0) is 0 Å². The van der Waals surface area contributed by atoms with E-state index in [0.29, 0.717) is 22.0 Å². The van der Waals surface area contributed by atoms with E-state index in [1.807, 2.05) is 19.1 Å². The van der Waals surface area contributed by atoms with Crippen molar-refractivity contribution in [3.63, 3.8) is 0 Å². The van der Waals surface area contributed by atoms with Crippen molar-refractivity contribution in [3.8, 4) is 11.6 Å². The SMILES string of the molecule is Cc1cc(Cl)c(C(C)C)cc1Oc1nc(N)ncc1Br. The molecule has 1 aromatic heterocycles. The molecule has 0 bridgehead atoms. The summed E-state index contributed by atoms with van der Waals surface area (Å²) >= 11 is 9.59. The number of nitrogen functional groups attached to an aromatic ring is 1. The maximum absolute atomic E-state index is 6.25. The summed E-state index contributed by atoms with van der Waals surface area (Å²) in [5.74, 6) is 1.57. The molecule has 1 heterocycles. The fraction of sp³-hybridized carbons (Fsp3) is 0.286. The maximum atomic E-state index is 6.25. The van der Waals surface area contributed by atoms with Gasteiger partial charge in [0.05, 0.1) is 10.7 Å². The third kappa shape index (κ3) is 3.22. The minimum absolute atomic E-state index is 0.166. The number of benzene rings is 1. The number of nitrogens with zero attached hydrogens (tertiary/aromatic N) is 2. The van der Waals surface area contributed by atoms with Crippen LogP contribution in [-0.4, -0.2) is 9.97 Å². The van der Waals surface area contributed by atoms with Gasteiger partial charge in [-0.3, -0.25) is 0 Å². The van der Waals surface area contributed by atoms with Crippen LogP contribution in [0.4, 0.5) is 5.95 Å². The molecule has 0 spiro atoms. The quantitative estimate of drug-likeness (QED) is 0.866. The molecule has 4 nitrogen and oxygen atoms in total. The molecule has 0 aliphatic heterocycles. The van der Waals surface area contributed by atoms with Gasteiger partial charge in [-0.1, -0.05) is 25.4 Å². The second-order valence-corrected chi connectivity index (χ2v) is 6.04. The first kappa shape index (κ1) is 15.1. The zero-order valence-electron chi connectivity index (χ0n) is 11.4. The summed E-state index contributed by atoms with van der Waals surface area (Å²) in [6, 6.07) is 3.83. The van der Waals surface area contributed by atoms with Crippen molar-refractivity contribution in [2.75, 3.05) is 5.73 Å². The lowest BCUT2D eigenvalue weighted by atomic mass is 10.0. The van der Waals surface area contributed by atoms with Gasteiger partial charge in [0, 0.05) is 5.02 Å². The second kappa shape index (κ2) is 5.97. The first-order chi connectivity index (χ1) is 9.38. The molecule has 0 saturated heterocycles. The predicted molar refractivity (Wildman–Crippen MR) is 84.5 cm³/mol. The van der Waals surface area contributed by atoms with Crippen LogP contribution in [0.5, 0.6) is 11.6 Å². The van der Waals surface area contributed by atoms with Crippen LogP contribution in [0, 0.1) is 6.92 Å². The molecule has 1 aromatic carbocycles. The summed E-state index contributed by atoms with van der Waals surface area (Å²) in [6.45, 7) is 6.10. The molecule has 106 valence electrons. The van der Waals surface area contributed by atoms with Crippen molar-refractivity contribution in [1.29, 1.82) is 0 Å². The van der Waals surface area contributed by atoms with Crippen molar-refractivity contribution in [2.24, 2.45) is 0 Å². The molecule has 0 fully saturated rings. The Bertz CT molecular complexity index is 647. The number of nitrogens with two attached hydrogens (primary N) is 1. The van der Waals surface area contributed by atoms with E-state index in [0.717, 1.165) is 16.1 Å². The Labute approximate surface area is 131 Å². The first-order valence-electron chi connectivity index (χ1n) is 6.14. The molecule has 0 amide bonds. The summed E-state index contributed by atoms with van der Waals surface area (Å²) in [7, 11) is 0. The molecule has 0 radical (unpaired) electrons. The summed E-state index contributed by atoms with van der Waals surface area (Å²) in [5, 5.41) is 0.742. The molecule has 0 aliphatic carbocycles. The third-order valence-electron chi connectivity index (χ3n) is 2.85. The van der Waals surface area contributed by atoms with Crippen LogP contribution < -0.4 is 10.5 Å². The van der Waals surface area contributed by atoms with Crippen LogP contribution in [0.3, 0.4) is 0 Å². The Kier molecular flexibility index (Phi) is 4.50. The number of aryl methyl sites for hydroxylation is 1. The van der Waals surface area contributed by atoms with E-state index in [1.165, 1.54) is 0 Å². The lowest BCUT2D eigenvalue weighted by Gasteiger charge is -2.14. The van der Waals surface area contributed by atoms with Gasteiger partial charge in [-0.25, -0.2) is 4.98 Å². The molecular weight excluding hydrogens is 342 g/mol. The van der Waals surface area contributed by atoms with Gasteiger partial charge < -0.3 is 10.5 Å². The highest BCUT2D eigenvalue weighted by Gasteiger charge is 2.13. The third-order valence-corrected chi connectivity index (χ3v) is 3.72. The number of ether oxygens (including phenoxy) is 1. The topological polar surface area (TPSA) is 61.0 Å². The largest absolute Gasteiger partial charge is 0.437 e. The molecule has 0 saturated carbocycles. The van der Waals surface area contributed by atoms with Crippen molar-refractivity contribution < 1.29 is 4.74 Å². The molecule has 0 atom stereocenters. The standard InChI is InChI=1S/C14H15BrClN3O/c1-7(2)9-5-12(8(3)4-11(9)16)20-13-10(15)6-18-14(17)19-13/h4-7H,1-3H3,(H2,17,18,19). The van der Waals surface area contributed by atoms with E-state index in [4.69, 9.17) is 22.1 Å². The van der Waals surface area contributed by atoms with Crippen molar-refractivity contribution in [2.45, 2.75) is 26.7 Å². The zero-order chi connectivity index (χ0) is 14.9. The number of rotatable bonds is 3. The van der Waals surface area contributed by atoms with Gasteiger partial charge in [-0.15, -0.1) is 0 Å². The average Bonchev–Trinajstić information content (AvgIpc) is 2.36. The first-order valence-corrected chi connectivity index (χ1v) is 7.31. The van der Waals surface area contributed by atoms with Crippen LogP contribution in [0.2, 0.25) is 5.02 Å². The Morgan fingerprint density at radius 1 is 1.35 bits per heavy atom. The second-order valence-electron chi connectivity index (χ2n) is 4.78. The van der Waals surface area contributed by atoms with Gasteiger partial charge in [0.25, 0.3) is 0 Å². The van der Waals surface area contributed by atoms with Crippen LogP contribution in [0.1, 0.15) is 30.9 Å². The number of anilines is 1. The van der Waals surface area contributed by atoms with Crippen molar-refractivity contribution >= 4 is 33.5 Å². The van der Waals surface area contributed by atoms with E-state index in [9.17, 15) is 0 Å². The Morgan fingerprint density at radius 3 is 2.70 bits per heavy atom. The van der Waals surface area contributed by atoms with Gasteiger partial charge in [0.15, 0.2) is 0 Å². The number of hydrogen-bond donors (Lipinski definition) is 1. The van der Waals surface area contributed by atoms with E-state index in [1.54, 1.807) is 6.20 Å². The molecule has 6 heteroatoms. The average molecular weight is 357 g/mol. The molecule has 0 aliphatic rings. The lowest BCUT2D eigenvalue weighted by molar-refractivity contribution is 0.455. The number of aromatic nitrogens is 2. The minimum Gasteiger partial charge on any atom is -0.437 e. The summed E-state index contributed by atoms with van der Waals surface area (Å²) in [6.07, 6.45) is 1.56. The zero-order valence-corrected chi connectivity index (χ0v) is 13.8. The van der Waals surface area contributed by atoms with E-state index in [-0.39, 0.29) is 5.95 Å². The van der Waals surface area contributed by atoms with E-state index in [2.05, 4.69) is 39.7 Å². The summed E-state index contributed by atoms with van der Waals surface area (Å²) in [4.78, 5) is 7.95. The van der Waals surface area contributed by atoms with Crippen LogP contribution >= 0.6 is 27.5 Å². The fourth-order valence-electron chi connectivity index (χ4n) is 1.76. The van der Waals surface area contributed by atoms with Crippen molar-refractivity contribution in [1.82, 2.24) is 9.97 Å². The van der Waals surface area contributed by atoms with E-state index < -0.39 is 0 Å². The van der Waals surface area contributed by atoms with Gasteiger partial charge in [0.1, 0.15) is 5.75 Å². The van der Waals surface area contributed by atoms with Crippen LogP contribution in [0.25, 0.3) is 0 Å². The monoisotopic (exact) mass is 355 g/mol. The normalized spacial score (nSPS) is 10.9. The van der Waals surface area contributed by atoms with Gasteiger partial charge in [0.2, 0.25) is 11.8 Å². The lowest BCUT2D eigenvalue weighted by Crippen LogP contribution is -1.99. The number of halogens is 2. The van der Waals surface area contributed by atoms with Gasteiger partial charge >= 0.3 is 0 Å². The number of hydrogen-bond acceptors (Lipinski definition) is 4. The van der Waals surface area contributed by atoms with Crippen molar-refractivity contribution in [3.05, 3.63) is 39.0 Å². The highest BCUT2D eigenvalue weighted by atomic mass is 79.9. The Hall–Kier alpha value is -1.33. The Morgan fingerprint density at radius 2 is 2.05 bits per heavy atom. The fourth-order valence-corrected chi connectivity index (χ4v) is 2.47. The van der Waals surface area contributed by atoms with Crippen LogP contribution in [0.15, 0.2) is 22.8 Å². The van der Waals surface area contributed by atoms with Gasteiger partial charge in [-0.05, 0) is 52.0 Å². The minimum atomic E-state index is 0.166. The molecule has 2 N–H and O–H groups in total. The van der Waals surface area contributed by atoms with Gasteiger partial charge in [-0.2, -0.15) is 4.98 Å². The molecular formula is C14H15BrClN3O.